The Hall–Kier alpha value is -3.81. The summed E-state index contributed by atoms with van der Waals surface area (Å²) < 4.78 is 11.9. The molecule has 202 valence electrons. The summed E-state index contributed by atoms with van der Waals surface area (Å²) in [6.45, 7) is 4.67. The standard InChI is InChI=1S/C32H33NO5S/c1-21-8-11-24(12-9-21)30-15-13-25(38-30)20-37-19-23-10-14-27(28(18-23)26-7-5-4-6-22(26)2)31(34)33-29(32(35)36)16-17-39-3/h4-15,18,29H,16-17,19-20H2,1-3H3,(H,33,34)(H,35,36). The van der Waals surface area contributed by atoms with Crippen molar-refractivity contribution in [3.8, 4) is 22.5 Å². The van der Waals surface area contributed by atoms with Crippen LogP contribution in [0.2, 0.25) is 0 Å². The first kappa shape index (κ1) is 28.2. The van der Waals surface area contributed by atoms with Crippen LogP contribution in [0.1, 0.15) is 39.2 Å². The smallest absolute Gasteiger partial charge is 0.326 e. The zero-order valence-corrected chi connectivity index (χ0v) is 23.2. The predicted octanol–water partition coefficient (Wildman–Crippen LogP) is 6.88. The Bertz CT molecular complexity index is 1430. The van der Waals surface area contributed by atoms with Gasteiger partial charge in [0.1, 0.15) is 24.2 Å². The molecule has 0 saturated carbocycles. The van der Waals surface area contributed by atoms with Crippen molar-refractivity contribution in [2.24, 2.45) is 0 Å². The lowest BCUT2D eigenvalue weighted by Gasteiger charge is -2.17. The first-order valence-electron chi connectivity index (χ1n) is 12.8. The fraction of sp³-hybridized carbons (Fsp3) is 0.250. The molecule has 1 atom stereocenters. The summed E-state index contributed by atoms with van der Waals surface area (Å²) in [6, 6.07) is 24.4. The number of carbonyl (C=O) groups excluding carboxylic acids is 1. The topological polar surface area (TPSA) is 88.8 Å². The van der Waals surface area contributed by atoms with Gasteiger partial charge in [-0.25, -0.2) is 4.79 Å². The van der Waals surface area contributed by atoms with E-state index in [1.165, 1.54) is 5.56 Å². The molecule has 39 heavy (non-hydrogen) atoms. The maximum atomic E-state index is 13.3. The number of nitrogens with one attached hydrogen (secondary N) is 1. The molecule has 0 saturated heterocycles. The lowest BCUT2D eigenvalue weighted by atomic mass is 9.93. The van der Waals surface area contributed by atoms with E-state index in [1.807, 2.05) is 80.8 Å². The van der Waals surface area contributed by atoms with Crippen molar-refractivity contribution in [3.05, 3.63) is 107 Å². The highest BCUT2D eigenvalue weighted by molar-refractivity contribution is 7.98. The highest BCUT2D eigenvalue weighted by Gasteiger charge is 2.22. The quantitative estimate of drug-likeness (QED) is 0.202. The molecule has 0 bridgehead atoms. The van der Waals surface area contributed by atoms with Crippen LogP contribution in [0.25, 0.3) is 22.5 Å². The molecular weight excluding hydrogens is 510 g/mol. The molecule has 0 aliphatic heterocycles. The summed E-state index contributed by atoms with van der Waals surface area (Å²) in [5, 5.41) is 12.3. The van der Waals surface area contributed by atoms with Crippen molar-refractivity contribution in [2.45, 2.75) is 39.5 Å². The number of aryl methyl sites for hydroxylation is 2. The summed E-state index contributed by atoms with van der Waals surface area (Å²) in [5.41, 5.74) is 6.20. The van der Waals surface area contributed by atoms with Crippen LogP contribution in [-0.2, 0) is 22.7 Å². The number of benzene rings is 3. The van der Waals surface area contributed by atoms with Crippen molar-refractivity contribution in [3.63, 3.8) is 0 Å². The summed E-state index contributed by atoms with van der Waals surface area (Å²) >= 11 is 1.55. The van der Waals surface area contributed by atoms with E-state index < -0.39 is 17.9 Å². The Morgan fingerprint density at radius 2 is 1.72 bits per heavy atom. The highest BCUT2D eigenvalue weighted by Crippen LogP contribution is 2.29. The Labute approximate surface area is 233 Å². The minimum Gasteiger partial charge on any atom is -0.480 e. The number of rotatable bonds is 12. The first-order valence-corrected chi connectivity index (χ1v) is 14.2. The number of carbonyl (C=O) groups is 2. The van der Waals surface area contributed by atoms with Crippen molar-refractivity contribution in [2.75, 3.05) is 12.0 Å². The van der Waals surface area contributed by atoms with Gasteiger partial charge in [0.15, 0.2) is 0 Å². The summed E-state index contributed by atoms with van der Waals surface area (Å²) in [6.07, 6.45) is 2.26. The number of carboxylic acid groups (broad SMARTS) is 1. The van der Waals surface area contributed by atoms with Gasteiger partial charge in [-0.3, -0.25) is 4.79 Å². The molecule has 1 amide bonds. The van der Waals surface area contributed by atoms with Gasteiger partial charge in [0, 0.05) is 11.1 Å². The highest BCUT2D eigenvalue weighted by atomic mass is 32.2. The van der Waals surface area contributed by atoms with Crippen LogP contribution in [0.5, 0.6) is 0 Å². The van der Waals surface area contributed by atoms with Gasteiger partial charge in [0.05, 0.1) is 6.61 Å². The second-order valence-electron chi connectivity index (χ2n) is 9.47. The molecule has 3 aromatic carbocycles. The Kier molecular flexibility index (Phi) is 9.63. The van der Waals surface area contributed by atoms with E-state index >= 15 is 0 Å². The maximum absolute atomic E-state index is 13.3. The first-order chi connectivity index (χ1) is 18.9. The molecule has 0 spiro atoms. The Morgan fingerprint density at radius 3 is 2.44 bits per heavy atom. The number of carboxylic acids is 1. The van der Waals surface area contributed by atoms with Crippen LogP contribution in [0.3, 0.4) is 0 Å². The van der Waals surface area contributed by atoms with Crippen LogP contribution in [0.15, 0.2) is 83.3 Å². The minimum atomic E-state index is -1.04. The minimum absolute atomic E-state index is 0.309. The fourth-order valence-electron chi connectivity index (χ4n) is 4.30. The van der Waals surface area contributed by atoms with Crippen molar-refractivity contribution < 1.29 is 23.8 Å². The number of furan rings is 1. The molecule has 6 nitrogen and oxygen atoms in total. The van der Waals surface area contributed by atoms with E-state index in [1.54, 1.807) is 17.8 Å². The third-order valence-corrected chi connectivity index (χ3v) is 7.13. The van der Waals surface area contributed by atoms with Crippen molar-refractivity contribution in [1.29, 1.82) is 0 Å². The molecule has 0 aliphatic rings. The van der Waals surface area contributed by atoms with Gasteiger partial charge >= 0.3 is 5.97 Å². The van der Waals surface area contributed by atoms with E-state index in [4.69, 9.17) is 9.15 Å². The predicted molar refractivity (Wildman–Crippen MR) is 156 cm³/mol. The molecule has 1 heterocycles. The third kappa shape index (κ3) is 7.40. The van der Waals surface area contributed by atoms with E-state index in [2.05, 4.69) is 17.4 Å². The van der Waals surface area contributed by atoms with Gasteiger partial charge in [-0.05, 0) is 78.8 Å². The van der Waals surface area contributed by atoms with E-state index in [9.17, 15) is 14.7 Å². The van der Waals surface area contributed by atoms with Crippen LogP contribution in [-0.4, -0.2) is 35.0 Å². The molecule has 1 unspecified atom stereocenters. The van der Waals surface area contributed by atoms with Crippen LogP contribution < -0.4 is 5.32 Å². The number of hydrogen-bond donors (Lipinski definition) is 2. The molecule has 0 aliphatic carbocycles. The van der Waals surface area contributed by atoms with Crippen LogP contribution in [0, 0.1) is 13.8 Å². The van der Waals surface area contributed by atoms with Crippen molar-refractivity contribution in [1.82, 2.24) is 5.32 Å². The normalized spacial score (nSPS) is 11.8. The zero-order chi connectivity index (χ0) is 27.8. The zero-order valence-electron chi connectivity index (χ0n) is 22.4. The van der Waals surface area contributed by atoms with Gasteiger partial charge < -0.3 is 19.6 Å². The van der Waals surface area contributed by atoms with Gasteiger partial charge in [-0.15, -0.1) is 0 Å². The molecule has 4 aromatic rings. The van der Waals surface area contributed by atoms with E-state index in [0.717, 1.165) is 39.3 Å². The Balaban J connectivity index is 1.50. The van der Waals surface area contributed by atoms with E-state index in [-0.39, 0.29) is 0 Å². The second-order valence-corrected chi connectivity index (χ2v) is 10.5. The number of amides is 1. The van der Waals surface area contributed by atoms with Crippen LogP contribution >= 0.6 is 11.8 Å². The molecule has 1 aromatic heterocycles. The summed E-state index contributed by atoms with van der Waals surface area (Å²) in [4.78, 5) is 25.0. The molecule has 2 N–H and O–H groups in total. The Morgan fingerprint density at radius 1 is 0.949 bits per heavy atom. The molecule has 0 fully saturated rings. The van der Waals surface area contributed by atoms with Crippen molar-refractivity contribution >= 4 is 23.6 Å². The van der Waals surface area contributed by atoms with E-state index in [0.29, 0.717) is 31.0 Å². The van der Waals surface area contributed by atoms with Gasteiger partial charge in [0.2, 0.25) is 0 Å². The van der Waals surface area contributed by atoms with Gasteiger partial charge in [0.25, 0.3) is 5.91 Å². The second kappa shape index (κ2) is 13.3. The number of aliphatic carboxylic acids is 1. The average Bonchev–Trinajstić information content (AvgIpc) is 3.40. The summed E-state index contributed by atoms with van der Waals surface area (Å²) in [5.74, 6) is 0.714. The lowest BCUT2D eigenvalue weighted by Crippen LogP contribution is -2.41. The largest absolute Gasteiger partial charge is 0.480 e. The average molecular weight is 544 g/mol. The molecule has 4 rings (SSSR count). The number of hydrogen-bond acceptors (Lipinski definition) is 5. The summed E-state index contributed by atoms with van der Waals surface area (Å²) in [7, 11) is 0. The molecule has 0 radical (unpaired) electrons. The van der Waals surface area contributed by atoms with Gasteiger partial charge in [-0.2, -0.15) is 11.8 Å². The fourth-order valence-corrected chi connectivity index (χ4v) is 4.78. The lowest BCUT2D eigenvalue weighted by molar-refractivity contribution is -0.139. The maximum Gasteiger partial charge on any atom is 0.326 e. The number of thioether (sulfide) groups is 1. The molecule has 7 heteroatoms. The van der Waals surface area contributed by atoms with Gasteiger partial charge in [-0.1, -0.05) is 60.2 Å². The number of ether oxygens (including phenoxy) is 1. The SMILES string of the molecule is CSCCC(NC(=O)c1ccc(COCc2ccc(-c3ccc(C)cc3)o2)cc1-c1ccccc1C)C(=O)O. The molecular formula is C32H33NO5S. The third-order valence-electron chi connectivity index (χ3n) is 6.49. The van der Waals surface area contributed by atoms with Crippen LogP contribution in [0.4, 0.5) is 0 Å². The monoisotopic (exact) mass is 543 g/mol.